The Hall–Kier alpha value is -0.980. The molecular weight excluding hydrogens is 218 g/mol. The maximum atomic E-state index is 2.56. The van der Waals surface area contributed by atoms with Crippen molar-refractivity contribution in [2.24, 2.45) is 0 Å². The molecule has 1 heteroatoms. The molecule has 0 saturated heterocycles. The Labute approximate surface area is 112 Å². The molecule has 0 N–H and O–H groups in total. The Morgan fingerprint density at radius 3 is 2.11 bits per heavy atom. The molecule has 2 rings (SSSR count). The minimum atomic E-state index is 0.605. The van der Waals surface area contributed by atoms with Gasteiger partial charge in [0.25, 0.3) is 0 Å². The van der Waals surface area contributed by atoms with Crippen molar-refractivity contribution in [2.75, 3.05) is 11.4 Å². The average Bonchev–Trinajstić information content (AvgIpc) is 2.70. The van der Waals surface area contributed by atoms with Crippen LogP contribution in [0.1, 0.15) is 70.1 Å². The minimum Gasteiger partial charge on any atom is -0.369 e. The first kappa shape index (κ1) is 13.5. The first-order valence-electron chi connectivity index (χ1n) is 7.35. The van der Waals surface area contributed by atoms with Gasteiger partial charge in [-0.05, 0) is 54.9 Å². The van der Waals surface area contributed by atoms with Crippen molar-refractivity contribution in [3.63, 3.8) is 0 Å². The topological polar surface area (TPSA) is 3.24 Å². The molecule has 0 radical (unpaired) electrons. The third-order valence-electron chi connectivity index (χ3n) is 4.11. The number of benzene rings is 1. The van der Waals surface area contributed by atoms with E-state index in [0.717, 1.165) is 0 Å². The molecule has 0 unspecified atom stereocenters. The quantitative estimate of drug-likeness (QED) is 0.746. The van der Waals surface area contributed by atoms with Crippen LogP contribution in [-0.2, 0) is 6.42 Å². The highest BCUT2D eigenvalue weighted by atomic mass is 15.2. The highest BCUT2D eigenvalue weighted by Gasteiger charge is 2.25. The van der Waals surface area contributed by atoms with Crippen LogP contribution in [0.15, 0.2) is 12.1 Å². The molecule has 0 amide bonds. The normalized spacial score (nSPS) is 15.1. The van der Waals surface area contributed by atoms with E-state index in [1.807, 2.05) is 0 Å². The third-order valence-corrected chi connectivity index (χ3v) is 4.11. The Kier molecular flexibility index (Phi) is 3.70. The lowest BCUT2D eigenvalue weighted by Crippen LogP contribution is -2.28. The molecule has 0 bridgehead atoms. The highest BCUT2D eigenvalue weighted by Crippen LogP contribution is 2.38. The fourth-order valence-electron chi connectivity index (χ4n) is 2.97. The number of nitrogens with zero attached hydrogens (tertiary/aromatic N) is 1. The molecule has 1 aliphatic rings. The van der Waals surface area contributed by atoms with E-state index >= 15 is 0 Å². The summed E-state index contributed by atoms with van der Waals surface area (Å²) in [7, 11) is 0. The van der Waals surface area contributed by atoms with Crippen molar-refractivity contribution in [3.05, 3.63) is 28.8 Å². The average molecular weight is 245 g/mol. The minimum absolute atomic E-state index is 0.605. The zero-order valence-electron chi connectivity index (χ0n) is 12.7. The van der Waals surface area contributed by atoms with E-state index in [9.17, 15) is 0 Å². The van der Waals surface area contributed by atoms with Crippen LogP contribution in [0.2, 0.25) is 0 Å². The number of rotatable bonds is 3. The molecule has 0 fully saturated rings. The molecule has 0 spiro atoms. The second-order valence-electron chi connectivity index (χ2n) is 6.45. The molecule has 18 heavy (non-hydrogen) atoms. The van der Waals surface area contributed by atoms with Crippen LogP contribution >= 0.6 is 0 Å². The molecule has 1 heterocycles. The number of hydrogen-bond acceptors (Lipinski definition) is 1. The van der Waals surface area contributed by atoms with Crippen molar-refractivity contribution in [2.45, 2.75) is 65.8 Å². The number of anilines is 1. The van der Waals surface area contributed by atoms with Gasteiger partial charge in [0.15, 0.2) is 0 Å². The Bertz CT molecular complexity index is 429. The summed E-state index contributed by atoms with van der Waals surface area (Å²) in [4.78, 5) is 2.56. The molecule has 0 aliphatic carbocycles. The summed E-state index contributed by atoms with van der Waals surface area (Å²) in [5.41, 5.74) is 6.16. The number of hydrogen-bond donors (Lipinski definition) is 0. The first-order valence-corrected chi connectivity index (χ1v) is 7.35. The predicted octanol–water partition coefficient (Wildman–Crippen LogP) is 4.70. The van der Waals surface area contributed by atoms with Gasteiger partial charge < -0.3 is 4.90 Å². The van der Waals surface area contributed by atoms with E-state index < -0.39 is 0 Å². The van der Waals surface area contributed by atoms with E-state index in [2.05, 4.69) is 58.6 Å². The Morgan fingerprint density at radius 1 is 0.944 bits per heavy atom. The molecular formula is C17H27N. The van der Waals surface area contributed by atoms with Crippen LogP contribution < -0.4 is 4.90 Å². The second kappa shape index (κ2) is 4.95. The van der Waals surface area contributed by atoms with Gasteiger partial charge in [0.05, 0.1) is 0 Å². The van der Waals surface area contributed by atoms with Gasteiger partial charge in [-0.15, -0.1) is 0 Å². The zero-order valence-corrected chi connectivity index (χ0v) is 12.7. The van der Waals surface area contributed by atoms with Gasteiger partial charge >= 0.3 is 0 Å². The first-order chi connectivity index (χ1) is 8.41. The predicted molar refractivity (Wildman–Crippen MR) is 80.8 cm³/mol. The van der Waals surface area contributed by atoms with Crippen LogP contribution in [0.25, 0.3) is 0 Å². The fourth-order valence-corrected chi connectivity index (χ4v) is 2.97. The third kappa shape index (κ3) is 2.28. The summed E-state index contributed by atoms with van der Waals surface area (Å²) < 4.78 is 0. The Morgan fingerprint density at radius 2 is 1.61 bits per heavy atom. The van der Waals surface area contributed by atoms with Crippen molar-refractivity contribution in [1.82, 2.24) is 0 Å². The molecule has 0 saturated carbocycles. The standard InChI is InChI=1S/C17H27N/c1-11(2)14-9-16(12(3)4)15-7-8-18(13(5)6)17(15)10-14/h9-13H,7-8H2,1-6H3. The molecule has 1 aromatic carbocycles. The molecule has 100 valence electrons. The number of fused-ring (bicyclic) bond motifs is 1. The van der Waals surface area contributed by atoms with Gasteiger partial charge in [0, 0.05) is 18.3 Å². The lowest BCUT2D eigenvalue weighted by atomic mass is 9.90. The van der Waals surface area contributed by atoms with Gasteiger partial charge in [0.1, 0.15) is 0 Å². The summed E-state index contributed by atoms with van der Waals surface area (Å²) in [6.45, 7) is 15.0. The molecule has 0 aromatic heterocycles. The van der Waals surface area contributed by atoms with Crippen LogP contribution in [-0.4, -0.2) is 12.6 Å². The largest absolute Gasteiger partial charge is 0.369 e. The lowest BCUT2D eigenvalue weighted by molar-refractivity contribution is 0.709. The van der Waals surface area contributed by atoms with E-state index in [0.29, 0.717) is 17.9 Å². The van der Waals surface area contributed by atoms with Crippen molar-refractivity contribution < 1.29 is 0 Å². The maximum Gasteiger partial charge on any atom is 0.0407 e. The van der Waals surface area contributed by atoms with Crippen molar-refractivity contribution >= 4 is 5.69 Å². The van der Waals surface area contributed by atoms with E-state index in [1.54, 1.807) is 11.1 Å². The maximum absolute atomic E-state index is 2.56. The van der Waals surface area contributed by atoms with Crippen molar-refractivity contribution in [3.8, 4) is 0 Å². The summed E-state index contributed by atoms with van der Waals surface area (Å²) in [5, 5.41) is 0. The fraction of sp³-hybridized carbons (Fsp3) is 0.647. The van der Waals surface area contributed by atoms with Gasteiger partial charge in [-0.2, -0.15) is 0 Å². The SMILES string of the molecule is CC(C)c1cc(C(C)C)c2c(c1)N(C(C)C)CC2. The van der Waals surface area contributed by atoms with E-state index in [-0.39, 0.29) is 0 Å². The van der Waals surface area contributed by atoms with Crippen LogP contribution in [0.5, 0.6) is 0 Å². The van der Waals surface area contributed by atoms with Gasteiger partial charge in [-0.3, -0.25) is 0 Å². The van der Waals surface area contributed by atoms with Crippen molar-refractivity contribution in [1.29, 1.82) is 0 Å². The van der Waals surface area contributed by atoms with Crippen LogP contribution in [0.3, 0.4) is 0 Å². The second-order valence-corrected chi connectivity index (χ2v) is 6.45. The lowest BCUT2D eigenvalue weighted by Gasteiger charge is -2.26. The summed E-state index contributed by atoms with van der Waals surface area (Å²) in [5.74, 6) is 1.24. The van der Waals surface area contributed by atoms with Gasteiger partial charge in [0.2, 0.25) is 0 Å². The van der Waals surface area contributed by atoms with Crippen LogP contribution in [0.4, 0.5) is 5.69 Å². The summed E-state index contributed by atoms with van der Waals surface area (Å²) in [6.07, 6.45) is 1.22. The van der Waals surface area contributed by atoms with E-state index in [1.165, 1.54) is 24.2 Å². The van der Waals surface area contributed by atoms with Crippen LogP contribution in [0, 0.1) is 0 Å². The molecule has 1 aliphatic heterocycles. The van der Waals surface area contributed by atoms with Gasteiger partial charge in [-0.25, -0.2) is 0 Å². The molecule has 1 aromatic rings. The zero-order chi connectivity index (χ0) is 13.4. The molecule has 1 nitrogen and oxygen atoms in total. The Balaban J connectivity index is 2.55. The smallest absolute Gasteiger partial charge is 0.0407 e. The monoisotopic (exact) mass is 245 g/mol. The summed E-state index contributed by atoms with van der Waals surface area (Å²) in [6, 6.07) is 5.48. The highest BCUT2D eigenvalue weighted by molar-refractivity contribution is 5.64. The van der Waals surface area contributed by atoms with Gasteiger partial charge in [-0.1, -0.05) is 33.8 Å². The van der Waals surface area contributed by atoms with E-state index in [4.69, 9.17) is 0 Å². The summed E-state index contributed by atoms with van der Waals surface area (Å²) >= 11 is 0. The molecule has 0 atom stereocenters.